The van der Waals surface area contributed by atoms with Crippen LogP contribution in [0.3, 0.4) is 0 Å². The number of fused-ring (bicyclic) bond motifs is 1. The van der Waals surface area contributed by atoms with Gasteiger partial charge in [-0.2, -0.15) is 0 Å². The maximum Gasteiger partial charge on any atom is 0.103 e. The van der Waals surface area contributed by atoms with Crippen LogP contribution in [0.25, 0.3) is 0 Å². The van der Waals surface area contributed by atoms with Gasteiger partial charge in [-0.3, -0.25) is 0 Å². The lowest BCUT2D eigenvalue weighted by atomic mass is 9.90. The fourth-order valence-electron chi connectivity index (χ4n) is 2.98. The van der Waals surface area contributed by atoms with Crippen LogP contribution in [0.15, 0.2) is 12.1 Å². The molecule has 0 heterocycles. The van der Waals surface area contributed by atoms with Gasteiger partial charge in [0.2, 0.25) is 0 Å². The second kappa shape index (κ2) is 3.32. The molecule has 0 saturated heterocycles. The summed E-state index contributed by atoms with van der Waals surface area (Å²) < 4.78 is 0. The van der Waals surface area contributed by atoms with Crippen LogP contribution in [-0.2, 0) is 5.60 Å². The summed E-state index contributed by atoms with van der Waals surface area (Å²) in [6.45, 7) is 6.64. The summed E-state index contributed by atoms with van der Waals surface area (Å²) in [7, 11) is 0. The Morgan fingerprint density at radius 2 is 2.00 bits per heavy atom. The van der Waals surface area contributed by atoms with Crippen LogP contribution in [0.5, 0.6) is 0 Å². The van der Waals surface area contributed by atoms with Gasteiger partial charge in [-0.15, -0.1) is 0 Å². The maximum absolute atomic E-state index is 10.5. The molecule has 0 radical (unpaired) electrons. The van der Waals surface area contributed by atoms with E-state index in [-0.39, 0.29) is 0 Å². The third-order valence-electron chi connectivity index (χ3n) is 3.61. The van der Waals surface area contributed by atoms with E-state index in [1.54, 1.807) is 0 Å². The van der Waals surface area contributed by atoms with Crippen LogP contribution < -0.4 is 5.73 Å². The van der Waals surface area contributed by atoms with Gasteiger partial charge >= 0.3 is 0 Å². The number of benzene rings is 1. The molecule has 0 saturated carbocycles. The molecular weight excluding hydrogens is 186 g/mol. The molecule has 0 fully saturated rings. The molecule has 3 N–H and O–H groups in total. The molecule has 2 nitrogen and oxygen atoms in total. The molecular formula is C13H19NO. The minimum Gasteiger partial charge on any atom is -0.384 e. The summed E-state index contributed by atoms with van der Waals surface area (Å²) in [5.41, 5.74) is 9.73. The number of aryl methyl sites for hydroxylation is 2. The fourth-order valence-corrected chi connectivity index (χ4v) is 2.98. The molecule has 0 bridgehead atoms. The minimum atomic E-state index is -0.801. The highest BCUT2D eigenvalue weighted by atomic mass is 16.3. The number of nitrogens with two attached hydrogens (primary N) is 1. The van der Waals surface area contributed by atoms with Gasteiger partial charge in [0.1, 0.15) is 5.60 Å². The zero-order valence-electron chi connectivity index (χ0n) is 9.67. The first-order valence-corrected chi connectivity index (χ1v) is 5.52. The van der Waals surface area contributed by atoms with E-state index in [1.807, 2.05) is 0 Å². The molecule has 0 amide bonds. The normalized spacial score (nSPS) is 29.3. The molecule has 2 rings (SSSR count). The van der Waals surface area contributed by atoms with Crippen molar-refractivity contribution in [3.63, 3.8) is 0 Å². The van der Waals surface area contributed by atoms with E-state index in [4.69, 9.17) is 5.73 Å². The highest BCUT2D eigenvalue weighted by Gasteiger charge is 2.41. The second-order valence-electron chi connectivity index (χ2n) is 4.83. The van der Waals surface area contributed by atoms with Crippen molar-refractivity contribution in [3.05, 3.63) is 34.4 Å². The van der Waals surface area contributed by atoms with E-state index < -0.39 is 5.60 Å². The Labute approximate surface area is 91.1 Å². The van der Waals surface area contributed by atoms with Gasteiger partial charge in [-0.05, 0) is 48.4 Å². The van der Waals surface area contributed by atoms with Crippen LogP contribution in [-0.4, -0.2) is 11.7 Å². The average Bonchev–Trinajstić information content (AvgIpc) is 2.47. The SMILES string of the molecule is Cc1ccc(C)c2c1C(C)CC2(O)CN. The van der Waals surface area contributed by atoms with E-state index >= 15 is 0 Å². The smallest absolute Gasteiger partial charge is 0.103 e. The van der Waals surface area contributed by atoms with Gasteiger partial charge in [0.05, 0.1) is 0 Å². The van der Waals surface area contributed by atoms with Crippen molar-refractivity contribution in [2.24, 2.45) is 5.73 Å². The zero-order valence-corrected chi connectivity index (χ0v) is 9.67. The van der Waals surface area contributed by atoms with E-state index in [9.17, 15) is 5.11 Å². The highest BCUT2D eigenvalue weighted by Crippen LogP contribution is 2.46. The second-order valence-corrected chi connectivity index (χ2v) is 4.83. The Morgan fingerprint density at radius 1 is 1.40 bits per heavy atom. The molecule has 1 aliphatic carbocycles. The standard InChI is InChI=1S/C13H19NO/c1-8-4-5-9(2)12-11(8)10(3)6-13(12,15)7-14/h4-5,10,15H,6-7,14H2,1-3H3. The van der Waals surface area contributed by atoms with Crippen molar-refractivity contribution >= 4 is 0 Å². The molecule has 1 aliphatic rings. The topological polar surface area (TPSA) is 46.2 Å². The van der Waals surface area contributed by atoms with Gasteiger partial charge in [0, 0.05) is 6.54 Å². The Kier molecular flexibility index (Phi) is 2.36. The molecule has 0 spiro atoms. The molecule has 2 heteroatoms. The number of aliphatic hydroxyl groups is 1. The Morgan fingerprint density at radius 3 is 2.60 bits per heavy atom. The van der Waals surface area contributed by atoms with Crippen molar-refractivity contribution in [2.75, 3.05) is 6.54 Å². The highest BCUT2D eigenvalue weighted by molar-refractivity contribution is 5.49. The predicted octanol–water partition coefficient (Wildman–Crippen LogP) is 1.96. The summed E-state index contributed by atoms with van der Waals surface area (Å²) in [5.74, 6) is 0.411. The number of rotatable bonds is 1. The molecule has 15 heavy (non-hydrogen) atoms. The van der Waals surface area contributed by atoms with Gasteiger partial charge in [0.25, 0.3) is 0 Å². The van der Waals surface area contributed by atoms with Crippen LogP contribution >= 0.6 is 0 Å². The number of hydrogen-bond acceptors (Lipinski definition) is 2. The lowest BCUT2D eigenvalue weighted by Gasteiger charge is -2.23. The molecule has 82 valence electrons. The molecule has 1 aromatic rings. The molecule has 2 unspecified atom stereocenters. The third kappa shape index (κ3) is 1.40. The van der Waals surface area contributed by atoms with E-state index in [1.165, 1.54) is 11.1 Å². The van der Waals surface area contributed by atoms with Crippen molar-refractivity contribution in [1.82, 2.24) is 0 Å². The van der Waals surface area contributed by atoms with Crippen LogP contribution in [0.4, 0.5) is 0 Å². The molecule has 2 atom stereocenters. The minimum absolute atomic E-state index is 0.314. The average molecular weight is 205 g/mol. The largest absolute Gasteiger partial charge is 0.384 e. The first kappa shape index (κ1) is 10.7. The first-order chi connectivity index (χ1) is 6.99. The summed E-state index contributed by atoms with van der Waals surface area (Å²) in [4.78, 5) is 0. The fraction of sp³-hybridized carbons (Fsp3) is 0.538. The van der Waals surface area contributed by atoms with Crippen molar-refractivity contribution in [2.45, 2.75) is 38.7 Å². The van der Waals surface area contributed by atoms with E-state index in [0.29, 0.717) is 12.5 Å². The molecule has 0 aliphatic heterocycles. The van der Waals surface area contributed by atoms with E-state index in [0.717, 1.165) is 17.5 Å². The lowest BCUT2D eigenvalue weighted by Crippen LogP contribution is -2.33. The van der Waals surface area contributed by atoms with Crippen LogP contribution in [0.1, 0.15) is 41.5 Å². The van der Waals surface area contributed by atoms with E-state index in [2.05, 4.69) is 32.9 Å². The first-order valence-electron chi connectivity index (χ1n) is 5.52. The Hall–Kier alpha value is -0.860. The quantitative estimate of drug-likeness (QED) is 0.736. The predicted molar refractivity (Wildman–Crippen MR) is 61.9 cm³/mol. The summed E-state index contributed by atoms with van der Waals surface area (Å²) in [6.07, 6.45) is 0.754. The monoisotopic (exact) mass is 205 g/mol. The van der Waals surface area contributed by atoms with Gasteiger partial charge < -0.3 is 10.8 Å². The van der Waals surface area contributed by atoms with Crippen LogP contribution in [0, 0.1) is 13.8 Å². The van der Waals surface area contributed by atoms with Crippen LogP contribution in [0.2, 0.25) is 0 Å². The summed E-state index contributed by atoms with van der Waals surface area (Å²) >= 11 is 0. The van der Waals surface area contributed by atoms with Gasteiger partial charge in [-0.1, -0.05) is 19.1 Å². The maximum atomic E-state index is 10.5. The zero-order chi connectivity index (χ0) is 11.2. The molecule has 0 aromatic heterocycles. The number of hydrogen-bond donors (Lipinski definition) is 2. The lowest BCUT2D eigenvalue weighted by molar-refractivity contribution is 0.0434. The summed E-state index contributed by atoms with van der Waals surface area (Å²) in [5, 5.41) is 10.5. The Balaban J connectivity index is 2.70. The van der Waals surface area contributed by atoms with Crippen molar-refractivity contribution in [3.8, 4) is 0 Å². The van der Waals surface area contributed by atoms with Gasteiger partial charge in [-0.25, -0.2) is 0 Å². The third-order valence-corrected chi connectivity index (χ3v) is 3.61. The van der Waals surface area contributed by atoms with Crippen molar-refractivity contribution in [1.29, 1.82) is 0 Å². The van der Waals surface area contributed by atoms with Crippen molar-refractivity contribution < 1.29 is 5.11 Å². The Bertz CT molecular complexity index is 400. The van der Waals surface area contributed by atoms with Gasteiger partial charge in [0.15, 0.2) is 0 Å². The summed E-state index contributed by atoms with van der Waals surface area (Å²) in [6, 6.07) is 4.21. The molecule has 1 aromatic carbocycles.